The number of nitrogens with zero attached hydrogens (tertiary/aromatic N) is 2. The molecule has 6 heteroatoms. The Balaban J connectivity index is 0. The van der Waals surface area contributed by atoms with Crippen LogP contribution in [0.5, 0.6) is 0 Å². The largest absolute Gasteiger partial charge is 0.391 e. The van der Waals surface area contributed by atoms with Crippen molar-refractivity contribution in [2.45, 2.75) is 13.8 Å². The van der Waals surface area contributed by atoms with E-state index in [-0.39, 0.29) is 0 Å². The molecular weight excluding hydrogens is 176 g/mol. The molecule has 6 nitrogen and oxygen atoms in total. The third kappa shape index (κ3) is 11.1. The summed E-state index contributed by atoms with van der Waals surface area (Å²) < 4.78 is 0.983. The smallest absolute Gasteiger partial charge is 0.102 e. The zero-order valence-electron chi connectivity index (χ0n) is 8.39. The summed E-state index contributed by atoms with van der Waals surface area (Å²) in [6.45, 7) is 7.71. The van der Waals surface area contributed by atoms with E-state index in [2.05, 4.69) is 20.9 Å². The maximum atomic E-state index is 8.65. The zero-order chi connectivity index (χ0) is 10.9. The maximum absolute atomic E-state index is 8.65. The average Bonchev–Trinajstić information content (AvgIpc) is 2.04. The van der Waals surface area contributed by atoms with E-state index in [1.165, 1.54) is 0 Å². The molecule has 0 amide bonds. The normalized spacial score (nSPS) is 10.2. The maximum Gasteiger partial charge on any atom is 0.102 e. The average molecular weight is 194 g/mol. The second kappa shape index (κ2) is 7.75. The Labute approximate surface area is 78.1 Å². The molecule has 0 atom stereocenters. The van der Waals surface area contributed by atoms with Crippen molar-refractivity contribution in [3.8, 4) is 0 Å². The van der Waals surface area contributed by atoms with Crippen LogP contribution in [0.3, 0.4) is 0 Å². The van der Waals surface area contributed by atoms with E-state index in [9.17, 15) is 0 Å². The molecule has 0 fully saturated rings. The van der Waals surface area contributed by atoms with Crippen molar-refractivity contribution < 1.29 is 14.7 Å². The van der Waals surface area contributed by atoms with Gasteiger partial charge < -0.3 is 24.9 Å². The molecule has 0 aromatic heterocycles. The van der Waals surface area contributed by atoms with Crippen molar-refractivity contribution in [2.24, 2.45) is 0 Å². The molecule has 0 aromatic carbocycles. The lowest BCUT2D eigenvalue weighted by Gasteiger charge is -2.31. The second-order valence-electron chi connectivity index (χ2n) is 2.92. The van der Waals surface area contributed by atoms with Crippen LogP contribution >= 0.6 is 0 Å². The Kier molecular flexibility index (Phi) is 8.73. The minimum Gasteiger partial charge on any atom is -0.391 e. The molecule has 80 valence electrons. The molecule has 0 radical (unpaired) electrons. The number of hydrogen-bond donors (Lipinski definition) is 1. The number of rotatable bonds is 4. The van der Waals surface area contributed by atoms with Crippen LogP contribution in [0.25, 0.3) is 0 Å². The minimum absolute atomic E-state index is 0.304. The summed E-state index contributed by atoms with van der Waals surface area (Å²) in [6, 6.07) is 0. The minimum atomic E-state index is -1.75. The predicted octanol–water partition coefficient (Wildman–Crippen LogP) is 0.226. The summed E-state index contributed by atoms with van der Waals surface area (Å²) in [5.41, 5.74) is 0. The van der Waals surface area contributed by atoms with Gasteiger partial charge in [-0.1, -0.05) is 0 Å². The van der Waals surface area contributed by atoms with Gasteiger partial charge in [0.1, 0.15) is 6.54 Å². The van der Waals surface area contributed by atoms with Crippen molar-refractivity contribution in [3.63, 3.8) is 0 Å². The highest BCUT2D eigenvalue weighted by Crippen LogP contribution is 1.98. The van der Waals surface area contributed by atoms with Crippen LogP contribution in [0.4, 0.5) is 0 Å². The van der Waals surface area contributed by atoms with E-state index in [1.807, 2.05) is 0 Å². The van der Waals surface area contributed by atoms with Crippen LogP contribution in [0.2, 0.25) is 0 Å². The summed E-state index contributed by atoms with van der Waals surface area (Å²) in [7, 11) is 2.16. The first-order chi connectivity index (χ1) is 5.91. The molecule has 0 unspecified atom stereocenters. The molecule has 0 saturated heterocycles. The Hall–Kier alpha value is -0.880. The standard InChI is InChI=1S/C7H18NO.NO3/c1-4-8(3,5-2)6-7-9;2-1(3)4/h9H,4-7H2,1-3H3;/q+1;-1. The van der Waals surface area contributed by atoms with E-state index in [1.54, 1.807) is 0 Å². The summed E-state index contributed by atoms with van der Waals surface area (Å²) in [5, 5.41) is 23.4. The molecule has 0 aromatic rings. The zero-order valence-corrected chi connectivity index (χ0v) is 8.39. The Morgan fingerprint density at radius 2 is 1.62 bits per heavy atom. The summed E-state index contributed by atoms with van der Waals surface area (Å²) in [5.74, 6) is 0. The summed E-state index contributed by atoms with van der Waals surface area (Å²) in [6.07, 6.45) is 0. The highest BCUT2D eigenvalue weighted by molar-refractivity contribution is 4.30. The third-order valence-electron chi connectivity index (χ3n) is 2.17. The topological polar surface area (TPSA) is 86.4 Å². The number of quaternary nitrogens is 1. The molecule has 0 aliphatic heterocycles. The molecule has 0 saturated carbocycles. The van der Waals surface area contributed by atoms with Gasteiger partial charge in [0.15, 0.2) is 0 Å². The van der Waals surface area contributed by atoms with Gasteiger partial charge in [0.25, 0.3) is 0 Å². The first-order valence-corrected chi connectivity index (χ1v) is 4.17. The number of aliphatic hydroxyl groups excluding tert-OH is 1. The van der Waals surface area contributed by atoms with Gasteiger partial charge in [-0.15, -0.1) is 0 Å². The lowest BCUT2D eigenvalue weighted by atomic mass is 10.4. The molecule has 0 aliphatic rings. The van der Waals surface area contributed by atoms with Gasteiger partial charge in [-0.3, -0.25) is 0 Å². The van der Waals surface area contributed by atoms with Crippen LogP contribution < -0.4 is 0 Å². The number of aliphatic hydroxyl groups is 1. The Bertz CT molecular complexity index is 132. The van der Waals surface area contributed by atoms with Gasteiger partial charge in [-0.05, 0) is 13.8 Å². The molecule has 1 N–H and O–H groups in total. The first kappa shape index (κ1) is 14.6. The van der Waals surface area contributed by atoms with E-state index in [0.717, 1.165) is 24.1 Å². The highest BCUT2D eigenvalue weighted by Gasteiger charge is 2.13. The van der Waals surface area contributed by atoms with Crippen LogP contribution in [0.1, 0.15) is 13.8 Å². The van der Waals surface area contributed by atoms with Gasteiger partial charge in [0.05, 0.1) is 31.8 Å². The third-order valence-corrected chi connectivity index (χ3v) is 2.17. The van der Waals surface area contributed by atoms with Crippen molar-refractivity contribution in [1.29, 1.82) is 0 Å². The van der Waals surface area contributed by atoms with E-state index in [4.69, 9.17) is 20.4 Å². The van der Waals surface area contributed by atoms with Crippen LogP contribution in [0.15, 0.2) is 0 Å². The quantitative estimate of drug-likeness (QED) is 0.394. The Morgan fingerprint density at radius 3 is 1.69 bits per heavy atom. The highest BCUT2D eigenvalue weighted by atomic mass is 16.9. The van der Waals surface area contributed by atoms with E-state index in [0.29, 0.717) is 6.61 Å². The molecule has 0 spiro atoms. The summed E-state index contributed by atoms with van der Waals surface area (Å²) >= 11 is 0. The van der Waals surface area contributed by atoms with Crippen LogP contribution in [0, 0.1) is 15.3 Å². The van der Waals surface area contributed by atoms with Crippen molar-refractivity contribution >= 4 is 0 Å². The van der Waals surface area contributed by atoms with E-state index < -0.39 is 5.09 Å². The fraction of sp³-hybridized carbons (Fsp3) is 1.00. The van der Waals surface area contributed by atoms with Crippen molar-refractivity contribution in [3.05, 3.63) is 15.3 Å². The van der Waals surface area contributed by atoms with Crippen LogP contribution in [-0.4, -0.2) is 48.0 Å². The van der Waals surface area contributed by atoms with Gasteiger partial charge >= 0.3 is 0 Å². The van der Waals surface area contributed by atoms with Gasteiger partial charge in [0.2, 0.25) is 0 Å². The van der Waals surface area contributed by atoms with Crippen molar-refractivity contribution in [1.82, 2.24) is 0 Å². The number of likely N-dealkylation sites (N-methyl/N-ethyl adjacent to an activating group) is 1. The fourth-order valence-electron chi connectivity index (χ4n) is 0.781. The lowest BCUT2D eigenvalue weighted by molar-refractivity contribution is -0.906. The lowest BCUT2D eigenvalue weighted by Crippen LogP contribution is -2.45. The van der Waals surface area contributed by atoms with Crippen molar-refractivity contribution in [2.75, 3.05) is 33.3 Å². The van der Waals surface area contributed by atoms with Crippen LogP contribution in [-0.2, 0) is 0 Å². The Morgan fingerprint density at radius 1 is 1.31 bits per heavy atom. The second-order valence-corrected chi connectivity index (χ2v) is 2.92. The molecular formula is C7H18N2O4. The first-order valence-electron chi connectivity index (χ1n) is 4.17. The molecule has 0 heterocycles. The van der Waals surface area contributed by atoms with E-state index >= 15 is 0 Å². The number of hydrogen-bond acceptors (Lipinski definition) is 4. The summed E-state index contributed by atoms with van der Waals surface area (Å²) in [4.78, 5) is 8.25. The van der Waals surface area contributed by atoms with Gasteiger partial charge in [0, 0.05) is 0 Å². The predicted molar refractivity (Wildman–Crippen MR) is 49.6 cm³/mol. The van der Waals surface area contributed by atoms with Gasteiger partial charge in [-0.25, -0.2) is 0 Å². The SMILES string of the molecule is CC[N+](C)(CC)CCO.O=[N+]([O-])[O-]. The van der Waals surface area contributed by atoms with Gasteiger partial charge in [-0.2, -0.15) is 0 Å². The fourth-order valence-corrected chi connectivity index (χ4v) is 0.781. The molecule has 0 bridgehead atoms. The molecule has 0 rings (SSSR count). The molecule has 0 aliphatic carbocycles. The molecule has 13 heavy (non-hydrogen) atoms. The monoisotopic (exact) mass is 194 g/mol.